The van der Waals surface area contributed by atoms with Crippen LogP contribution in [0.15, 0.2) is 0 Å². The van der Waals surface area contributed by atoms with E-state index < -0.39 is 0 Å². The summed E-state index contributed by atoms with van der Waals surface area (Å²) >= 11 is 0. The van der Waals surface area contributed by atoms with Crippen molar-refractivity contribution in [2.24, 2.45) is 17.8 Å². The van der Waals surface area contributed by atoms with Crippen LogP contribution in [0.3, 0.4) is 0 Å². The summed E-state index contributed by atoms with van der Waals surface area (Å²) in [6, 6.07) is 0.628. The molecule has 0 radical (unpaired) electrons. The molecule has 2 aliphatic rings. The van der Waals surface area contributed by atoms with Crippen LogP contribution in [-0.4, -0.2) is 25.8 Å². The van der Waals surface area contributed by atoms with Crippen LogP contribution in [0.2, 0.25) is 0 Å². The van der Waals surface area contributed by atoms with Gasteiger partial charge in [0.05, 0.1) is 0 Å². The normalized spacial score (nSPS) is 31.5. The van der Waals surface area contributed by atoms with Crippen molar-refractivity contribution in [3.63, 3.8) is 0 Å². The maximum absolute atomic E-state index is 5.54. The van der Waals surface area contributed by atoms with Gasteiger partial charge in [0, 0.05) is 19.3 Å². The monoisotopic (exact) mass is 253 g/mol. The summed E-state index contributed by atoms with van der Waals surface area (Å²) < 4.78 is 5.54. The topological polar surface area (TPSA) is 21.3 Å². The van der Waals surface area contributed by atoms with E-state index in [1.807, 2.05) is 0 Å². The Labute approximate surface area is 113 Å². The maximum Gasteiger partial charge on any atom is 0.0468 e. The average Bonchev–Trinajstić information content (AvgIpc) is 2.62. The molecule has 1 aliphatic carbocycles. The number of ether oxygens (including phenoxy) is 1. The molecule has 18 heavy (non-hydrogen) atoms. The summed E-state index contributed by atoms with van der Waals surface area (Å²) in [6.45, 7) is 7.77. The van der Waals surface area contributed by atoms with Gasteiger partial charge in [-0.3, -0.25) is 0 Å². The molecule has 1 saturated carbocycles. The summed E-state index contributed by atoms with van der Waals surface area (Å²) in [5, 5.41) is 3.68. The highest BCUT2D eigenvalue weighted by Gasteiger charge is 2.31. The standard InChI is InChI=1S/C16H31NO/c1-13(2)17-12-15-6-4-3-5-7-16(15)14-8-10-18-11-9-14/h13-17H,3-12H2,1-2H3. The quantitative estimate of drug-likeness (QED) is 0.773. The van der Waals surface area contributed by atoms with E-state index in [4.69, 9.17) is 4.74 Å². The molecule has 0 aromatic carbocycles. The van der Waals surface area contributed by atoms with Gasteiger partial charge in [-0.05, 0) is 50.0 Å². The molecule has 2 atom stereocenters. The second kappa shape index (κ2) is 7.49. The van der Waals surface area contributed by atoms with Gasteiger partial charge in [0.2, 0.25) is 0 Å². The summed E-state index contributed by atoms with van der Waals surface area (Å²) in [6.07, 6.45) is 9.89. The van der Waals surface area contributed by atoms with Crippen LogP contribution in [0.25, 0.3) is 0 Å². The lowest BCUT2D eigenvalue weighted by Gasteiger charge is -2.35. The van der Waals surface area contributed by atoms with Crippen molar-refractivity contribution in [1.29, 1.82) is 0 Å². The fourth-order valence-electron chi connectivity index (χ4n) is 3.82. The van der Waals surface area contributed by atoms with Gasteiger partial charge < -0.3 is 10.1 Å². The van der Waals surface area contributed by atoms with Crippen LogP contribution in [0.5, 0.6) is 0 Å². The van der Waals surface area contributed by atoms with Crippen LogP contribution in [-0.2, 0) is 4.74 Å². The zero-order valence-corrected chi connectivity index (χ0v) is 12.3. The first kappa shape index (κ1) is 14.3. The lowest BCUT2D eigenvalue weighted by atomic mass is 9.75. The van der Waals surface area contributed by atoms with Gasteiger partial charge in [-0.1, -0.05) is 33.1 Å². The molecular formula is C16H31NO. The van der Waals surface area contributed by atoms with E-state index in [1.54, 1.807) is 0 Å². The molecule has 1 aliphatic heterocycles. The van der Waals surface area contributed by atoms with E-state index in [0.717, 1.165) is 31.0 Å². The Morgan fingerprint density at radius 1 is 1.00 bits per heavy atom. The van der Waals surface area contributed by atoms with Gasteiger partial charge in [0.25, 0.3) is 0 Å². The van der Waals surface area contributed by atoms with E-state index in [2.05, 4.69) is 19.2 Å². The zero-order chi connectivity index (χ0) is 12.8. The van der Waals surface area contributed by atoms with E-state index in [-0.39, 0.29) is 0 Å². The molecule has 2 rings (SSSR count). The minimum Gasteiger partial charge on any atom is -0.381 e. The molecule has 2 nitrogen and oxygen atoms in total. The molecule has 0 bridgehead atoms. The smallest absolute Gasteiger partial charge is 0.0468 e. The number of rotatable bonds is 4. The predicted octanol–water partition coefficient (Wildman–Crippen LogP) is 3.61. The largest absolute Gasteiger partial charge is 0.381 e. The van der Waals surface area contributed by atoms with Crippen molar-refractivity contribution in [2.45, 2.75) is 64.8 Å². The van der Waals surface area contributed by atoms with Crippen LogP contribution in [0, 0.1) is 17.8 Å². The molecular weight excluding hydrogens is 222 g/mol. The first-order valence-electron chi connectivity index (χ1n) is 8.08. The summed E-state index contributed by atoms with van der Waals surface area (Å²) in [4.78, 5) is 0. The Hall–Kier alpha value is -0.0800. The molecule has 1 heterocycles. The van der Waals surface area contributed by atoms with Gasteiger partial charge in [-0.25, -0.2) is 0 Å². The molecule has 2 unspecified atom stereocenters. The van der Waals surface area contributed by atoms with Gasteiger partial charge in [-0.15, -0.1) is 0 Å². The molecule has 0 aromatic heterocycles. The zero-order valence-electron chi connectivity index (χ0n) is 12.3. The van der Waals surface area contributed by atoms with Crippen molar-refractivity contribution < 1.29 is 4.74 Å². The third-order valence-corrected chi connectivity index (χ3v) is 4.88. The fraction of sp³-hybridized carbons (Fsp3) is 1.00. The van der Waals surface area contributed by atoms with Gasteiger partial charge in [0.15, 0.2) is 0 Å². The van der Waals surface area contributed by atoms with E-state index in [1.165, 1.54) is 51.5 Å². The van der Waals surface area contributed by atoms with Gasteiger partial charge in [0.1, 0.15) is 0 Å². The third kappa shape index (κ3) is 4.24. The summed E-state index contributed by atoms with van der Waals surface area (Å²) in [5.41, 5.74) is 0. The highest BCUT2D eigenvalue weighted by Crippen LogP contribution is 2.38. The molecule has 1 N–H and O–H groups in total. The number of nitrogens with one attached hydrogen (secondary N) is 1. The Bertz CT molecular complexity index is 223. The molecule has 0 amide bonds. The molecule has 0 spiro atoms. The first-order valence-corrected chi connectivity index (χ1v) is 8.08. The Morgan fingerprint density at radius 3 is 2.44 bits per heavy atom. The SMILES string of the molecule is CC(C)NCC1CCCCCC1C1CCOCC1. The second-order valence-corrected chi connectivity index (χ2v) is 6.57. The Kier molecular flexibility index (Phi) is 5.97. The summed E-state index contributed by atoms with van der Waals surface area (Å²) in [7, 11) is 0. The van der Waals surface area contributed by atoms with Crippen molar-refractivity contribution in [1.82, 2.24) is 5.32 Å². The number of hydrogen-bond donors (Lipinski definition) is 1. The van der Waals surface area contributed by atoms with Gasteiger partial charge >= 0.3 is 0 Å². The van der Waals surface area contributed by atoms with Crippen molar-refractivity contribution in [3.8, 4) is 0 Å². The average molecular weight is 253 g/mol. The van der Waals surface area contributed by atoms with Crippen molar-refractivity contribution in [3.05, 3.63) is 0 Å². The predicted molar refractivity (Wildman–Crippen MR) is 76.7 cm³/mol. The molecule has 2 fully saturated rings. The molecule has 2 heteroatoms. The fourth-order valence-corrected chi connectivity index (χ4v) is 3.82. The van der Waals surface area contributed by atoms with E-state index in [9.17, 15) is 0 Å². The van der Waals surface area contributed by atoms with Crippen LogP contribution in [0.4, 0.5) is 0 Å². The Balaban J connectivity index is 1.92. The lowest BCUT2D eigenvalue weighted by Crippen LogP contribution is -2.36. The van der Waals surface area contributed by atoms with Crippen LogP contribution in [0.1, 0.15) is 58.8 Å². The van der Waals surface area contributed by atoms with E-state index >= 15 is 0 Å². The van der Waals surface area contributed by atoms with Crippen LogP contribution >= 0.6 is 0 Å². The molecule has 1 saturated heterocycles. The maximum atomic E-state index is 5.54. The third-order valence-electron chi connectivity index (χ3n) is 4.88. The molecule has 0 aromatic rings. The minimum absolute atomic E-state index is 0.628. The highest BCUT2D eigenvalue weighted by molar-refractivity contribution is 4.82. The first-order chi connectivity index (χ1) is 8.77. The minimum atomic E-state index is 0.628. The number of hydrogen-bond acceptors (Lipinski definition) is 2. The lowest BCUT2D eigenvalue weighted by molar-refractivity contribution is 0.0316. The van der Waals surface area contributed by atoms with Gasteiger partial charge in [-0.2, -0.15) is 0 Å². The van der Waals surface area contributed by atoms with Crippen LogP contribution < -0.4 is 5.32 Å². The second-order valence-electron chi connectivity index (χ2n) is 6.57. The van der Waals surface area contributed by atoms with Crippen molar-refractivity contribution in [2.75, 3.05) is 19.8 Å². The van der Waals surface area contributed by atoms with Crippen molar-refractivity contribution >= 4 is 0 Å². The summed E-state index contributed by atoms with van der Waals surface area (Å²) in [5.74, 6) is 2.82. The Morgan fingerprint density at radius 2 is 1.72 bits per heavy atom. The highest BCUT2D eigenvalue weighted by atomic mass is 16.5. The molecule has 106 valence electrons. The van der Waals surface area contributed by atoms with E-state index in [0.29, 0.717) is 6.04 Å².